The lowest BCUT2D eigenvalue weighted by Gasteiger charge is -2.34. The molecule has 3 heterocycles. The lowest BCUT2D eigenvalue weighted by Crippen LogP contribution is -2.56. The van der Waals surface area contributed by atoms with Crippen LogP contribution in [-0.2, 0) is 25.5 Å². The van der Waals surface area contributed by atoms with Gasteiger partial charge in [-0.15, -0.1) is 0 Å². The van der Waals surface area contributed by atoms with Gasteiger partial charge in [-0.3, -0.25) is 14.4 Å². The number of hydrogen-bond donors (Lipinski definition) is 2. The molecule has 7 nitrogen and oxygen atoms in total. The van der Waals surface area contributed by atoms with Crippen molar-refractivity contribution in [3.63, 3.8) is 0 Å². The molecular formula is C32H37N3O4. The van der Waals surface area contributed by atoms with E-state index in [2.05, 4.69) is 10.6 Å². The molecule has 1 aliphatic carbocycles. The summed E-state index contributed by atoms with van der Waals surface area (Å²) in [7, 11) is 0. The second-order valence-corrected chi connectivity index (χ2v) is 11.6. The van der Waals surface area contributed by atoms with Crippen LogP contribution in [-0.4, -0.2) is 53.0 Å². The second kappa shape index (κ2) is 10.3. The van der Waals surface area contributed by atoms with Gasteiger partial charge in [0.15, 0.2) is 0 Å². The molecule has 0 radical (unpaired) electrons. The molecule has 2 bridgehead atoms. The van der Waals surface area contributed by atoms with Crippen LogP contribution in [0.3, 0.4) is 0 Å². The summed E-state index contributed by atoms with van der Waals surface area (Å²) in [6.07, 6.45) is 9.12. The molecule has 3 fully saturated rings. The first kappa shape index (κ1) is 25.8. The number of amides is 3. The van der Waals surface area contributed by atoms with E-state index in [0.29, 0.717) is 18.7 Å². The standard InChI is InChI=1S/C32H37N3O4/c1-20-13-14-24(19-21(20)2)34-29(36)26-25-15-17-32(39-25)27(26)31(38)35(18-16-22-9-5-3-6-10-22)28(32)30(37)33-23-11-7-4-8-12-23/h3,5-6,9-10,13-15,17,19,23,25-28H,4,7-8,11-12,16,18H2,1-2H3,(H,33,37)(H,34,36)/t25-,26-,27-,28-,32-/m0/s1. The van der Waals surface area contributed by atoms with Crippen molar-refractivity contribution in [2.45, 2.75) is 76.2 Å². The van der Waals surface area contributed by atoms with Gasteiger partial charge < -0.3 is 20.3 Å². The number of benzene rings is 2. The van der Waals surface area contributed by atoms with Gasteiger partial charge in [-0.05, 0) is 61.9 Å². The summed E-state index contributed by atoms with van der Waals surface area (Å²) in [6, 6.07) is 15.1. The molecule has 1 spiro atoms. The van der Waals surface area contributed by atoms with Crippen molar-refractivity contribution in [3.8, 4) is 0 Å². The average molecular weight is 528 g/mol. The van der Waals surface area contributed by atoms with Crippen LogP contribution in [0.2, 0.25) is 0 Å². The Hall–Kier alpha value is -3.45. The van der Waals surface area contributed by atoms with Gasteiger partial charge in [0, 0.05) is 18.3 Å². The van der Waals surface area contributed by atoms with Gasteiger partial charge in [0.1, 0.15) is 11.6 Å². The fourth-order valence-electron chi connectivity index (χ4n) is 6.97. The van der Waals surface area contributed by atoms with Crippen LogP contribution in [0.5, 0.6) is 0 Å². The van der Waals surface area contributed by atoms with Gasteiger partial charge >= 0.3 is 0 Å². The molecule has 0 unspecified atom stereocenters. The van der Waals surface area contributed by atoms with Gasteiger partial charge in [-0.1, -0.05) is 67.8 Å². The number of hydrogen-bond acceptors (Lipinski definition) is 4. The maximum atomic E-state index is 14.1. The molecule has 3 aliphatic heterocycles. The molecule has 204 valence electrons. The first-order valence-electron chi connectivity index (χ1n) is 14.3. The number of nitrogens with zero attached hydrogens (tertiary/aromatic N) is 1. The maximum absolute atomic E-state index is 14.1. The molecule has 39 heavy (non-hydrogen) atoms. The number of ether oxygens (including phenoxy) is 1. The molecule has 5 atom stereocenters. The predicted molar refractivity (Wildman–Crippen MR) is 149 cm³/mol. The van der Waals surface area contributed by atoms with Crippen LogP contribution in [0.15, 0.2) is 60.7 Å². The zero-order valence-corrected chi connectivity index (χ0v) is 22.7. The van der Waals surface area contributed by atoms with E-state index in [1.54, 1.807) is 4.90 Å². The minimum Gasteiger partial charge on any atom is -0.359 e. The largest absolute Gasteiger partial charge is 0.359 e. The molecule has 2 aromatic rings. The van der Waals surface area contributed by atoms with E-state index in [-0.39, 0.29) is 23.8 Å². The van der Waals surface area contributed by atoms with Crippen LogP contribution in [0, 0.1) is 25.7 Å². The highest BCUT2D eigenvalue weighted by molar-refractivity contribution is 6.02. The number of rotatable bonds is 7. The van der Waals surface area contributed by atoms with E-state index in [9.17, 15) is 14.4 Å². The SMILES string of the molecule is Cc1ccc(NC(=O)[C@H]2[C@@H]3C=C[C@]4(O3)[C@@H]2C(=O)N(CCc2ccccc2)[C@H]4C(=O)NC2CCCCC2)cc1C. The van der Waals surface area contributed by atoms with Crippen molar-refractivity contribution in [2.24, 2.45) is 11.8 Å². The molecule has 7 heteroatoms. The number of anilines is 1. The summed E-state index contributed by atoms with van der Waals surface area (Å²) < 4.78 is 6.48. The van der Waals surface area contributed by atoms with E-state index in [1.165, 1.54) is 6.42 Å². The molecule has 1 saturated carbocycles. The Labute approximate surface area is 230 Å². The first-order valence-corrected chi connectivity index (χ1v) is 14.3. The van der Waals surface area contributed by atoms with Gasteiger partial charge in [-0.25, -0.2) is 0 Å². The topological polar surface area (TPSA) is 87.7 Å². The summed E-state index contributed by atoms with van der Waals surface area (Å²) >= 11 is 0. The third kappa shape index (κ3) is 4.56. The molecular weight excluding hydrogens is 490 g/mol. The maximum Gasteiger partial charge on any atom is 0.246 e. The van der Waals surface area contributed by atoms with Crippen molar-refractivity contribution >= 4 is 23.4 Å². The summed E-state index contributed by atoms with van der Waals surface area (Å²) in [5.74, 6) is -2.04. The summed E-state index contributed by atoms with van der Waals surface area (Å²) in [5.41, 5.74) is 2.88. The van der Waals surface area contributed by atoms with Crippen molar-refractivity contribution in [3.05, 3.63) is 77.4 Å². The fraction of sp³-hybridized carbons (Fsp3) is 0.469. The molecule has 4 aliphatic rings. The van der Waals surface area contributed by atoms with E-state index >= 15 is 0 Å². The van der Waals surface area contributed by atoms with Gasteiger partial charge in [-0.2, -0.15) is 0 Å². The van der Waals surface area contributed by atoms with Gasteiger partial charge in [0.05, 0.1) is 17.9 Å². The van der Waals surface area contributed by atoms with Crippen molar-refractivity contribution in [2.75, 3.05) is 11.9 Å². The lowest BCUT2D eigenvalue weighted by atomic mass is 9.74. The van der Waals surface area contributed by atoms with Crippen LogP contribution in [0.1, 0.15) is 48.8 Å². The Bertz CT molecular complexity index is 1300. The van der Waals surface area contributed by atoms with Gasteiger partial charge in [0.25, 0.3) is 0 Å². The van der Waals surface area contributed by atoms with Crippen LogP contribution in [0.4, 0.5) is 5.69 Å². The summed E-state index contributed by atoms with van der Waals surface area (Å²) in [6.45, 7) is 4.42. The van der Waals surface area contributed by atoms with Gasteiger partial charge in [0.2, 0.25) is 17.7 Å². The number of carbonyl (C=O) groups excluding carboxylic acids is 3. The number of likely N-dealkylation sites (tertiary alicyclic amines) is 1. The highest BCUT2D eigenvalue weighted by atomic mass is 16.5. The normalized spacial score (nSPS) is 29.5. The lowest BCUT2D eigenvalue weighted by molar-refractivity contribution is -0.141. The van der Waals surface area contributed by atoms with E-state index in [0.717, 1.165) is 42.4 Å². The van der Waals surface area contributed by atoms with Crippen LogP contribution in [0.25, 0.3) is 0 Å². The van der Waals surface area contributed by atoms with E-state index in [4.69, 9.17) is 4.74 Å². The fourth-order valence-corrected chi connectivity index (χ4v) is 6.97. The quantitative estimate of drug-likeness (QED) is 0.531. The molecule has 2 aromatic carbocycles. The Balaban J connectivity index is 1.29. The summed E-state index contributed by atoms with van der Waals surface area (Å²) in [5, 5.41) is 6.27. The van der Waals surface area contributed by atoms with E-state index < -0.39 is 29.6 Å². The molecule has 3 amide bonds. The van der Waals surface area contributed by atoms with Crippen molar-refractivity contribution < 1.29 is 19.1 Å². The molecule has 0 aromatic heterocycles. The third-order valence-electron chi connectivity index (χ3n) is 9.14. The minimum atomic E-state index is -1.14. The highest BCUT2D eigenvalue weighted by Gasteiger charge is 2.72. The average Bonchev–Trinajstić information content (AvgIpc) is 3.58. The van der Waals surface area contributed by atoms with Crippen molar-refractivity contribution in [1.82, 2.24) is 10.2 Å². The summed E-state index contributed by atoms with van der Waals surface area (Å²) in [4.78, 5) is 43.4. The third-order valence-corrected chi connectivity index (χ3v) is 9.14. The zero-order valence-electron chi connectivity index (χ0n) is 22.7. The molecule has 2 saturated heterocycles. The van der Waals surface area contributed by atoms with Crippen LogP contribution < -0.4 is 10.6 Å². The second-order valence-electron chi connectivity index (χ2n) is 11.6. The number of carbonyl (C=O) groups is 3. The Kier molecular flexibility index (Phi) is 6.79. The van der Waals surface area contributed by atoms with E-state index in [1.807, 2.05) is 74.5 Å². The Morgan fingerprint density at radius 3 is 2.51 bits per heavy atom. The number of fused-ring (bicyclic) bond motifs is 1. The first-order chi connectivity index (χ1) is 18.9. The molecule has 6 rings (SSSR count). The smallest absolute Gasteiger partial charge is 0.246 e. The Morgan fingerprint density at radius 2 is 1.77 bits per heavy atom. The zero-order chi connectivity index (χ0) is 27.1. The van der Waals surface area contributed by atoms with Crippen molar-refractivity contribution in [1.29, 1.82) is 0 Å². The predicted octanol–water partition coefficient (Wildman–Crippen LogP) is 4.08. The molecule has 2 N–H and O–H groups in total. The highest BCUT2D eigenvalue weighted by Crippen LogP contribution is 2.55. The number of aryl methyl sites for hydroxylation is 2. The Morgan fingerprint density at radius 1 is 1.00 bits per heavy atom. The van der Waals surface area contributed by atoms with Crippen LogP contribution >= 0.6 is 0 Å². The number of nitrogens with one attached hydrogen (secondary N) is 2. The monoisotopic (exact) mass is 527 g/mol. The minimum absolute atomic E-state index is 0.110.